The molecule has 2 heteroatoms. The van der Waals surface area contributed by atoms with Crippen LogP contribution in [0.5, 0.6) is 0 Å². The number of hydrogen-bond acceptors (Lipinski definition) is 0. The largest absolute Gasteiger partial charge is 0.341 e. The number of benzene rings is 4. The standard InChI is InChI=1S/C32H34BN/c1-8-34-29-12-10-9-11-27(29)28-19-26(13-14-30(28)34)33(31-22(4)15-20(2)16-23(31)5)32-24(6)17-21(3)18-25(32)7/h9-19H,8H2,1-7H3. The fourth-order valence-corrected chi connectivity index (χ4v) is 6.36. The molecule has 0 atom stereocenters. The predicted octanol–water partition coefficient (Wildman–Crippen LogP) is 6.18. The molecule has 0 bridgehead atoms. The minimum atomic E-state index is 0.203. The Bertz CT molecular complexity index is 1450. The second-order valence-corrected chi connectivity index (χ2v) is 10.1. The van der Waals surface area contributed by atoms with Crippen molar-refractivity contribution < 1.29 is 0 Å². The molecule has 0 aliphatic rings. The van der Waals surface area contributed by atoms with Gasteiger partial charge >= 0.3 is 0 Å². The van der Waals surface area contributed by atoms with Crippen molar-refractivity contribution in [2.75, 3.05) is 0 Å². The third-order valence-electron chi connectivity index (χ3n) is 7.50. The SMILES string of the molecule is CCn1c2ccccc2c2cc(B(c3c(C)cc(C)cc3C)c3c(C)cc(C)cc3C)ccc21. The van der Waals surface area contributed by atoms with E-state index in [-0.39, 0.29) is 6.71 Å². The summed E-state index contributed by atoms with van der Waals surface area (Å²) in [6.07, 6.45) is 0. The first-order chi connectivity index (χ1) is 16.3. The van der Waals surface area contributed by atoms with Gasteiger partial charge in [-0.3, -0.25) is 0 Å². The van der Waals surface area contributed by atoms with E-state index in [1.807, 2.05) is 0 Å². The molecule has 0 fully saturated rings. The van der Waals surface area contributed by atoms with Gasteiger partial charge in [0.25, 0.3) is 0 Å². The van der Waals surface area contributed by atoms with Crippen LogP contribution in [0.2, 0.25) is 0 Å². The Kier molecular flexibility index (Phi) is 5.64. The van der Waals surface area contributed by atoms with Crippen molar-refractivity contribution in [3.63, 3.8) is 0 Å². The number of hydrogen-bond donors (Lipinski definition) is 0. The van der Waals surface area contributed by atoms with Gasteiger partial charge in [-0.1, -0.05) is 104 Å². The van der Waals surface area contributed by atoms with Crippen molar-refractivity contribution in [2.24, 2.45) is 0 Å². The monoisotopic (exact) mass is 443 g/mol. The Balaban J connectivity index is 1.86. The van der Waals surface area contributed by atoms with Crippen LogP contribution in [0.4, 0.5) is 0 Å². The Morgan fingerprint density at radius 3 is 1.62 bits per heavy atom. The van der Waals surface area contributed by atoms with E-state index in [1.165, 1.54) is 71.6 Å². The summed E-state index contributed by atoms with van der Waals surface area (Å²) in [5, 5.41) is 2.69. The lowest BCUT2D eigenvalue weighted by Crippen LogP contribution is -2.55. The van der Waals surface area contributed by atoms with Gasteiger partial charge in [-0.15, -0.1) is 0 Å². The molecule has 0 unspecified atom stereocenters. The van der Waals surface area contributed by atoms with E-state index in [0.717, 1.165) is 6.54 Å². The van der Waals surface area contributed by atoms with Gasteiger partial charge in [0.15, 0.2) is 0 Å². The highest BCUT2D eigenvalue weighted by atomic mass is 15.0. The lowest BCUT2D eigenvalue weighted by Gasteiger charge is -2.24. The zero-order valence-corrected chi connectivity index (χ0v) is 21.6. The number of fused-ring (bicyclic) bond motifs is 3. The molecule has 170 valence electrons. The topological polar surface area (TPSA) is 4.93 Å². The molecular weight excluding hydrogens is 409 g/mol. The molecule has 34 heavy (non-hydrogen) atoms. The van der Waals surface area contributed by atoms with E-state index in [2.05, 4.69) is 120 Å². The first-order valence-corrected chi connectivity index (χ1v) is 12.5. The van der Waals surface area contributed by atoms with Crippen LogP contribution in [-0.2, 0) is 6.54 Å². The van der Waals surface area contributed by atoms with Gasteiger partial charge < -0.3 is 4.57 Å². The Labute approximate surface area is 204 Å². The van der Waals surface area contributed by atoms with Crippen LogP contribution in [0.15, 0.2) is 66.7 Å². The predicted molar refractivity (Wildman–Crippen MR) is 151 cm³/mol. The molecule has 0 spiro atoms. The van der Waals surface area contributed by atoms with Gasteiger partial charge in [0, 0.05) is 28.4 Å². The Hall–Kier alpha value is -3.26. The van der Waals surface area contributed by atoms with Crippen LogP contribution in [0, 0.1) is 41.5 Å². The Morgan fingerprint density at radius 1 is 0.588 bits per heavy atom. The summed E-state index contributed by atoms with van der Waals surface area (Å²) in [6, 6.07) is 25.4. The summed E-state index contributed by atoms with van der Waals surface area (Å²) in [4.78, 5) is 0. The highest BCUT2D eigenvalue weighted by Crippen LogP contribution is 2.28. The second-order valence-electron chi connectivity index (χ2n) is 10.1. The van der Waals surface area contributed by atoms with E-state index >= 15 is 0 Å². The van der Waals surface area contributed by atoms with Crippen LogP contribution in [-0.4, -0.2) is 11.3 Å². The molecule has 0 radical (unpaired) electrons. The van der Waals surface area contributed by atoms with Gasteiger partial charge in [-0.2, -0.15) is 0 Å². The summed E-state index contributed by atoms with van der Waals surface area (Å²) in [5.74, 6) is 0. The van der Waals surface area contributed by atoms with Gasteiger partial charge in [0.05, 0.1) is 0 Å². The third-order valence-corrected chi connectivity index (χ3v) is 7.50. The maximum absolute atomic E-state index is 2.46. The fraction of sp³-hybridized carbons (Fsp3) is 0.250. The molecule has 1 heterocycles. The van der Waals surface area contributed by atoms with Gasteiger partial charge in [0.1, 0.15) is 0 Å². The van der Waals surface area contributed by atoms with Gasteiger partial charge in [-0.05, 0) is 60.6 Å². The van der Waals surface area contributed by atoms with E-state index < -0.39 is 0 Å². The van der Waals surface area contributed by atoms with Crippen LogP contribution >= 0.6 is 0 Å². The Morgan fingerprint density at radius 2 is 1.09 bits per heavy atom. The van der Waals surface area contributed by atoms with E-state index in [1.54, 1.807) is 0 Å². The average molecular weight is 443 g/mol. The summed E-state index contributed by atoms with van der Waals surface area (Å²) in [6.45, 7) is 16.9. The molecular formula is C32H34BN. The maximum atomic E-state index is 2.46. The molecule has 0 aliphatic heterocycles. The summed E-state index contributed by atoms with van der Waals surface area (Å²) in [5.41, 5.74) is 15.1. The molecule has 0 saturated carbocycles. The zero-order valence-electron chi connectivity index (χ0n) is 21.6. The van der Waals surface area contributed by atoms with E-state index in [4.69, 9.17) is 0 Å². The molecule has 0 saturated heterocycles. The lowest BCUT2D eigenvalue weighted by molar-refractivity contribution is 0.827. The zero-order chi connectivity index (χ0) is 24.1. The van der Waals surface area contributed by atoms with E-state index in [9.17, 15) is 0 Å². The molecule has 1 nitrogen and oxygen atoms in total. The number of para-hydroxylation sites is 1. The van der Waals surface area contributed by atoms with Crippen LogP contribution in [0.25, 0.3) is 21.8 Å². The van der Waals surface area contributed by atoms with Crippen LogP contribution < -0.4 is 16.4 Å². The van der Waals surface area contributed by atoms with Crippen molar-refractivity contribution in [1.82, 2.24) is 4.57 Å². The van der Waals surface area contributed by atoms with Crippen molar-refractivity contribution in [3.8, 4) is 0 Å². The van der Waals surface area contributed by atoms with Gasteiger partial charge in [-0.25, -0.2) is 0 Å². The highest BCUT2D eigenvalue weighted by molar-refractivity contribution is 6.96. The molecule has 5 rings (SSSR count). The summed E-state index contributed by atoms with van der Waals surface area (Å²) in [7, 11) is 0. The molecule has 0 N–H and O–H groups in total. The number of aromatic nitrogens is 1. The minimum absolute atomic E-state index is 0.203. The fourth-order valence-electron chi connectivity index (χ4n) is 6.36. The van der Waals surface area contributed by atoms with Crippen LogP contribution in [0.3, 0.4) is 0 Å². The number of rotatable bonds is 4. The first-order valence-electron chi connectivity index (χ1n) is 12.5. The third kappa shape index (κ3) is 3.57. The normalized spacial score (nSPS) is 11.5. The lowest BCUT2D eigenvalue weighted by atomic mass is 9.34. The molecule has 0 aliphatic carbocycles. The van der Waals surface area contributed by atoms with Crippen molar-refractivity contribution in [2.45, 2.75) is 55.0 Å². The van der Waals surface area contributed by atoms with Crippen molar-refractivity contribution in [1.29, 1.82) is 0 Å². The smallest absolute Gasteiger partial charge is 0.242 e. The quantitative estimate of drug-likeness (QED) is 0.292. The molecule has 5 aromatic rings. The highest BCUT2D eigenvalue weighted by Gasteiger charge is 2.29. The summed E-state index contributed by atoms with van der Waals surface area (Å²) < 4.78 is 2.44. The minimum Gasteiger partial charge on any atom is -0.341 e. The van der Waals surface area contributed by atoms with Gasteiger partial charge in [0.2, 0.25) is 6.71 Å². The molecule has 1 aromatic heterocycles. The number of aryl methyl sites for hydroxylation is 7. The molecule has 0 amide bonds. The number of nitrogens with zero attached hydrogens (tertiary/aromatic N) is 1. The molecule has 4 aromatic carbocycles. The summed E-state index contributed by atoms with van der Waals surface area (Å²) >= 11 is 0. The first kappa shape index (κ1) is 22.5. The average Bonchev–Trinajstić information content (AvgIpc) is 3.09. The maximum Gasteiger partial charge on any atom is 0.242 e. The second kappa shape index (κ2) is 8.51. The van der Waals surface area contributed by atoms with Crippen LogP contribution in [0.1, 0.15) is 40.3 Å². The van der Waals surface area contributed by atoms with Crippen molar-refractivity contribution in [3.05, 3.63) is 100 Å². The van der Waals surface area contributed by atoms with Crippen molar-refractivity contribution >= 4 is 44.9 Å². The van der Waals surface area contributed by atoms with E-state index in [0.29, 0.717) is 0 Å².